The molecule has 31 heavy (non-hydrogen) atoms. The molecule has 1 saturated heterocycles. The predicted octanol–water partition coefficient (Wildman–Crippen LogP) is 4.24. The Bertz CT molecular complexity index is 1120. The molecule has 2 aromatic rings. The van der Waals surface area contributed by atoms with E-state index in [1.165, 1.54) is 15.4 Å². The normalized spacial score (nSPS) is 18.2. The van der Waals surface area contributed by atoms with E-state index in [4.69, 9.17) is 12.2 Å². The summed E-state index contributed by atoms with van der Waals surface area (Å²) in [6.07, 6.45) is 3.18. The highest BCUT2D eigenvalue weighted by Gasteiger charge is 2.42. The van der Waals surface area contributed by atoms with E-state index in [-0.39, 0.29) is 16.4 Å². The van der Waals surface area contributed by atoms with Gasteiger partial charge in [0, 0.05) is 5.56 Å². The number of unbranched alkanes of at least 4 members (excludes halogenated alkanes) is 1. The highest BCUT2D eigenvalue weighted by Crippen LogP contribution is 2.45. The lowest BCUT2D eigenvalue weighted by Crippen LogP contribution is -2.32. The first-order valence-corrected chi connectivity index (χ1v) is 11.2. The van der Waals surface area contributed by atoms with Crippen LogP contribution in [0.25, 0.3) is 5.57 Å². The van der Waals surface area contributed by atoms with Crippen LogP contribution < -0.4 is 9.80 Å². The van der Waals surface area contributed by atoms with E-state index in [0.717, 1.165) is 31.0 Å². The Morgan fingerprint density at radius 1 is 1.06 bits per heavy atom. The van der Waals surface area contributed by atoms with Gasteiger partial charge < -0.3 is 5.11 Å². The number of benzene rings is 2. The molecule has 0 unspecified atom stereocenters. The summed E-state index contributed by atoms with van der Waals surface area (Å²) >= 11 is 6.54. The van der Waals surface area contributed by atoms with Crippen molar-refractivity contribution in [1.82, 2.24) is 0 Å². The van der Waals surface area contributed by atoms with Crippen molar-refractivity contribution in [3.8, 4) is 0 Å². The Labute approximate surface area is 189 Å². The van der Waals surface area contributed by atoms with Gasteiger partial charge in [-0.25, -0.2) is 0 Å². The SMILES string of the molecule is CCCCc1ccc(N2C(=O)C(=C3C(=O)N(CC(=O)O)c4ccccc43)SC2=S)cc1. The van der Waals surface area contributed by atoms with Gasteiger partial charge in [0.05, 0.1) is 21.9 Å². The number of aliphatic carboxylic acids is 1. The van der Waals surface area contributed by atoms with Crippen LogP contribution in [0.3, 0.4) is 0 Å². The number of carboxylic acids is 1. The minimum Gasteiger partial charge on any atom is -0.480 e. The van der Waals surface area contributed by atoms with Crippen molar-refractivity contribution in [3.63, 3.8) is 0 Å². The van der Waals surface area contributed by atoms with Gasteiger partial charge in [0.2, 0.25) is 0 Å². The number of hydrogen-bond donors (Lipinski definition) is 1. The van der Waals surface area contributed by atoms with Crippen molar-refractivity contribution in [2.75, 3.05) is 16.3 Å². The minimum absolute atomic E-state index is 0.205. The van der Waals surface area contributed by atoms with Crippen LogP contribution in [0.5, 0.6) is 0 Å². The molecule has 0 aliphatic carbocycles. The molecular formula is C23H20N2O4S2. The van der Waals surface area contributed by atoms with E-state index in [9.17, 15) is 19.5 Å². The van der Waals surface area contributed by atoms with Gasteiger partial charge in [-0.1, -0.05) is 67.7 Å². The van der Waals surface area contributed by atoms with Crippen molar-refractivity contribution in [3.05, 3.63) is 64.6 Å². The van der Waals surface area contributed by atoms with Crippen LogP contribution in [0.2, 0.25) is 0 Å². The lowest BCUT2D eigenvalue weighted by molar-refractivity contribution is -0.136. The van der Waals surface area contributed by atoms with Crippen LogP contribution >= 0.6 is 24.0 Å². The molecular weight excluding hydrogens is 432 g/mol. The third kappa shape index (κ3) is 3.88. The number of thiocarbonyl (C=S) groups is 1. The number of carbonyl (C=O) groups is 3. The Morgan fingerprint density at radius 3 is 2.45 bits per heavy atom. The summed E-state index contributed by atoms with van der Waals surface area (Å²) in [7, 11) is 0. The molecule has 0 bridgehead atoms. The minimum atomic E-state index is -1.12. The molecule has 4 rings (SSSR count). The van der Waals surface area contributed by atoms with Crippen LogP contribution in [0, 0.1) is 0 Å². The molecule has 2 amide bonds. The van der Waals surface area contributed by atoms with Crippen LogP contribution in [0.4, 0.5) is 11.4 Å². The zero-order valence-corrected chi connectivity index (χ0v) is 18.5. The molecule has 158 valence electrons. The quantitative estimate of drug-likeness (QED) is 0.522. The van der Waals surface area contributed by atoms with Crippen LogP contribution in [-0.4, -0.2) is 33.8 Å². The first-order valence-electron chi connectivity index (χ1n) is 9.95. The number of fused-ring (bicyclic) bond motifs is 1. The first-order chi connectivity index (χ1) is 14.9. The van der Waals surface area contributed by atoms with E-state index >= 15 is 0 Å². The smallest absolute Gasteiger partial charge is 0.323 e. The summed E-state index contributed by atoms with van der Waals surface area (Å²) in [5.74, 6) is -1.99. The molecule has 2 aliphatic rings. The fourth-order valence-corrected chi connectivity index (χ4v) is 5.10. The van der Waals surface area contributed by atoms with Crippen LogP contribution in [0.1, 0.15) is 30.9 Å². The zero-order valence-electron chi connectivity index (χ0n) is 16.8. The van der Waals surface area contributed by atoms with Gasteiger partial charge in [-0.05, 0) is 36.6 Å². The number of anilines is 2. The van der Waals surface area contributed by atoms with Crippen molar-refractivity contribution in [2.24, 2.45) is 0 Å². The summed E-state index contributed by atoms with van der Waals surface area (Å²) < 4.78 is 0.343. The number of carboxylic acid groups (broad SMARTS) is 1. The summed E-state index contributed by atoms with van der Waals surface area (Å²) in [6, 6.07) is 14.6. The zero-order chi connectivity index (χ0) is 22.1. The molecule has 1 fully saturated rings. The molecule has 6 nitrogen and oxygen atoms in total. The average molecular weight is 453 g/mol. The molecule has 1 N–H and O–H groups in total. The number of amides is 2. The first kappa shape index (κ1) is 21.3. The molecule has 0 saturated carbocycles. The highest BCUT2D eigenvalue weighted by molar-refractivity contribution is 8.27. The Kier molecular flexibility index (Phi) is 5.93. The molecule has 0 atom stereocenters. The number of aryl methyl sites for hydroxylation is 1. The summed E-state index contributed by atoms with van der Waals surface area (Å²) in [5.41, 5.74) is 3.08. The van der Waals surface area contributed by atoms with Crippen molar-refractivity contribution in [1.29, 1.82) is 0 Å². The number of nitrogens with zero attached hydrogens (tertiary/aromatic N) is 2. The maximum atomic E-state index is 13.3. The molecule has 2 aromatic carbocycles. The third-order valence-electron chi connectivity index (χ3n) is 5.23. The number of para-hydroxylation sites is 1. The second-order valence-corrected chi connectivity index (χ2v) is 8.93. The van der Waals surface area contributed by atoms with E-state index in [0.29, 0.717) is 21.3 Å². The number of thioether (sulfide) groups is 1. The van der Waals surface area contributed by atoms with Crippen molar-refractivity contribution in [2.45, 2.75) is 26.2 Å². The maximum absolute atomic E-state index is 13.3. The standard InChI is InChI=1S/C23H20N2O4S2/c1-2-3-6-14-9-11-15(12-10-14)25-22(29)20(31-23(25)30)19-16-7-4-5-8-17(16)24(21(19)28)13-18(26)27/h4-5,7-12H,2-3,6,13H2,1H3,(H,26,27). The van der Waals surface area contributed by atoms with Gasteiger partial charge in [0.1, 0.15) is 6.54 Å². The van der Waals surface area contributed by atoms with Crippen molar-refractivity contribution < 1.29 is 19.5 Å². The van der Waals surface area contributed by atoms with Gasteiger partial charge in [0.15, 0.2) is 4.32 Å². The number of carbonyl (C=O) groups excluding carboxylic acids is 2. The Morgan fingerprint density at radius 2 is 1.77 bits per heavy atom. The Balaban J connectivity index is 1.71. The summed E-state index contributed by atoms with van der Waals surface area (Å²) in [6.45, 7) is 1.67. The fraction of sp³-hybridized carbons (Fsp3) is 0.217. The predicted molar refractivity (Wildman–Crippen MR) is 126 cm³/mol. The van der Waals surface area contributed by atoms with Gasteiger partial charge in [-0.15, -0.1) is 0 Å². The van der Waals surface area contributed by atoms with Gasteiger partial charge >= 0.3 is 5.97 Å². The molecule has 0 spiro atoms. The average Bonchev–Trinajstić information content (AvgIpc) is 3.19. The van der Waals surface area contributed by atoms with Crippen molar-refractivity contribution >= 4 is 63.0 Å². The summed E-state index contributed by atoms with van der Waals surface area (Å²) in [5, 5.41) is 9.22. The molecule has 8 heteroatoms. The van der Waals surface area contributed by atoms with Crippen LogP contribution in [-0.2, 0) is 20.8 Å². The van der Waals surface area contributed by atoms with Gasteiger partial charge in [-0.3, -0.25) is 24.2 Å². The number of rotatable bonds is 6. The van der Waals surface area contributed by atoms with Crippen LogP contribution in [0.15, 0.2) is 53.4 Å². The van der Waals surface area contributed by atoms with E-state index in [1.54, 1.807) is 24.3 Å². The fourth-order valence-electron chi connectivity index (χ4n) is 3.73. The number of hydrogen-bond acceptors (Lipinski definition) is 5. The topological polar surface area (TPSA) is 77.9 Å². The van der Waals surface area contributed by atoms with Gasteiger partial charge in [-0.2, -0.15) is 0 Å². The highest BCUT2D eigenvalue weighted by atomic mass is 32.2. The molecule has 2 aliphatic heterocycles. The summed E-state index contributed by atoms with van der Waals surface area (Å²) in [4.78, 5) is 40.5. The second kappa shape index (κ2) is 8.64. The van der Waals surface area contributed by atoms with E-state index in [1.807, 2.05) is 24.3 Å². The Hall–Kier alpha value is -2.97. The monoisotopic (exact) mass is 452 g/mol. The van der Waals surface area contributed by atoms with Gasteiger partial charge in [0.25, 0.3) is 11.8 Å². The van der Waals surface area contributed by atoms with E-state index in [2.05, 4.69) is 6.92 Å². The third-order valence-corrected chi connectivity index (χ3v) is 6.60. The lowest BCUT2D eigenvalue weighted by atomic mass is 10.1. The lowest BCUT2D eigenvalue weighted by Gasteiger charge is -2.15. The second-order valence-electron chi connectivity index (χ2n) is 7.28. The molecule has 2 heterocycles. The molecule has 0 aromatic heterocycles. The van der Waals surface area contributed by atoms with E-state index < -0.39 is 18.4 Å². The largest absolute Gasteiger partial charge is 0.480 e. The maximum Gasteiger partial charge on any atom is 0.323 e. The molecule has 0 radical (unpaired) electrons.